The molecule has 0 saturated carbocycles. The van der Waals surface area contributed by atoms with Crippen molar-refractivity contribution < 1.29 is 9.59 Å². The number of nitrogens with one attached hydrogen (secondary N) is 1. The molecule has 0 aromatic carbocycles. The maximum Gasteiger partial charge on any atom is 0.244 e. The summed E-state index contributed by atoms with van der Waals surface area (Å²) < 4.78 is 0.938. The van der Waals surface area contributed by atoms with Gasteiger partial charge in [-0.15, -0.1) is 22.9 Å². The van der Waals surface area contributed by atoms with Crippen LogP contribution >= 0.6 is 38.9 Å². The Kier molecular flexibility index (Phi) is 5.24. The highest BCUT2D eigenvalue weighted by Gasteiger charge is 2.12. The van der Waals surface area contributed by atoms with E-state index in [1.807, 2.05) is 6.07 Å². The van der Waals surface area contributed by atoms with Crippen LogP contribution < -0.4 is 5.32 Å². The second-order valence-corrected chi connectivity index (χ2v) is 5.77. The Bertz CT molecular complexity index is 397. The van der Waals surface area contributed by atoms with Crippen LogP contribution in [0.15, 0.2) is 15.9 Å². The van der Waals surface area contributed by atoms with Crippen molar-refractivity contribution in [1.29, 1.82) is 0 Å². The first kappa shape index (κ1) is 13.5. The monoisotopic (exact) mass is 324 g/mol. The quantitative estimate of drug-likeness (QED) is 0.862. The summed E-state index contributed by atoms with van der Waals surface area (Å²) in [6.07, 6.45) is 0. The molecule has 0 unspecified atom stereocenters. The van der Waals surface area contributed by atoms with Gasteiger partial charge in [0.05, 0.1) is 15.3 Å². The van der Waals surface area contributed by atoms with Crippen LogP contribution in [0.5, 0.6) is 0 Å². The average molecular weight is 326 g/mol. The third-order valence-corrected chi connectivity index (χ3v) is 3.52. The van der Waals surface area contributed by atoms with Gasteiger partial charge in [-0.05, 0) is 28.1 Å². The fraction of sp³-hybridized carbons (Fsp3) is 0.333. The Balaban J connectivity index is 2.45. The van der Waals surface area contributed by atoms with Crippen molar-refractivity contribution in [3.8, 4) is 0 Å². The normalized spacial score (nSPS) is 9.94. The van der Waals surface area contributed by atoms with Gasteiger partial charge in [-0.1, -0.05) is 0 Å². The number of likely N-dealkylation sites (N-methyl/N-ethyl adjacent to an activating group) is 1. The van der Waals surface area contributed by atoms with Gasteiger partial charge in [-0.2, -0.15) is 0 Å². The number of carbonyl (C=O) groups is 2. The van der Waals surface area contributed by atoms with Crippen LogP contribution in [-0.2, 0) is 9.59 Å². The first-order valence-electron chi connectivity index (χ1n) is 4.38. The van der Waals surface area contributed by atoms with E-state index in [0.29, 0.717) is 0 Å². The number of rotatable bonds is 4. The van der Waals surface area contributed by atoms with Gasteiger partial charge in [-0.25, -0.2) is 0 Å². The molecule has 0 saturated heterocycles. The van der Waals surface area contributed by atoms with Crippen molar-refractivity contribution in [2.45, 2.75) is 0 Å². The van der Waals surface area contributed by atoms with Crippen LogP contribution in [0.25, 0.3) is 0 Å². The zero-order valence-corrected chi connectivity index (χ0v) is 11.7. The third kappa shape index (κ3) is 4.11. The van der Waals surface area contributed by atoms with E-state index in [4.69, 9.17) is 11.6 Å². The van der Waals surface area contributed by atoms with E-state index in [2.05, 4.69) is 21.2 Å². The Hall–Kier alpha value is -0.590. The number of amides is 2. The smallest absolute Gasteiger partial charge is 0.244 e. The summed E-state index contributed by atoms with van der Waals surface area (Å²) in [5.74, 6) is -0.631. The molecule has 1 N–H and O–H groups in total. The number of nitrogens with zero attached hydrogens (tertiary/aromatic N) is 1. The second-order valence-electron chi connectivity index (χ2n) is 3.04. The minimum absolute atomic E-state index is 0.00106. The first-order chi connectivity index (χ1) is 7.52. The van der Waals surface area contributed by atoms with Crippen LogP contribution in [0.2, 0.25) is 0 Å². The zero-order chi connectivity index (χ0) is 12.1. The predicted molar refractivity (Wildman–Crippen MR) is 69.0 cm³/mol. The zero-order valence-electron chi connectivity index (χ0n) is 8.50. The number of thiophene rings is 1. The highest BCUT2D eigenvalue weighted by Crippen LogP contribution is 2.26. The van der Waals surface area contributed by atoms with E-state index in [9.17, 15) is 9.59 Å². The number of hydrogen-bond acceptors (Lipinski definition) is 3. The SMILES string of the molecule is CN(CC(=O)Nc1ccc(Br)s1)C(=O)CCl. The third-order valence-electron chi connectivity index (χ3n) is 1.76. The minimum Gasteiger partial charge on any atom is -0.335 e. The molecule has 7 heteroatoms. The predicted octanol–water partition coefficient (Wildman–Crippen LogP) is 2.15. The molecule has 0 bridgehead atoms. The average Bonchev–Trinajstić information content (AvgIpc) is 2.62. The summed E-state index contributed by atoms with van der Waals surface area (Å²) in [6.45, 7) is 0.00106. The van der Waals surface area contributed by atoms with E-state index in [1.165, 1.54) is 23.3 Å². The van der Waals surface area contributed by atoms with E-state index in [-0.39, 0.29) is 24.2 Å². The Morgan fingerprint density at radius 2 is 2.25 bits per heavy atom. The van der Waals surface area contributed by atoms with E-state index in [1.54, 1.807) is 6.07 Å². The van der Waals surface area contributed by atoms with Gasteiger partial charge in [0.15, 0.2) is 0 Å². The van der Waals surface area contributed by atoms with Gasteiger partial charge in [0, 0.05) is 7.05 Å². The summed E-state index contributed by atoms with van der Waals surface area (Å²) in [5.41, 5.74) is 0. The maximum atomic E-state index is 11.5. The molecule has 4 nitrogen and oxygen atoms in total. The molecule has 1 aromatic heterocycles. The number of alkyl halides is 1. The van der Waals surface area contributed by atoms with Crippen molar-refractivity contribution in [2.24, 2.45) is 0 Å². The van der Waals surface area contributed by atoms with Crippen molar-refractivity contribution in [2.75, 3.05) is 24.8 Å². The topological polar surface area (TPSA) is 49.4 Å². The van der Waals surface area contributed by atoms with Crippen molar-refractivity contribution in [3.63, 3.8) is 0 Å². The summed E-state index contributed by atoms with van der Waals surface area (Å²) in [7, 11) is 1.54. The second kappa shape index (κ2) is 6.22. The first-order valence-corrected chi connectivity index (χ1v) is 6.52. The summed E-state index contributed by atoms with van der Waals surface area (Å²) in [6, 6.07) is 3.63. The van der Waals surface area contributed by atoms with Gasteiger partial charge in [0.2, 0.25) is 11.8 Å². The van der Waals surface area contributed by atoms with Gasteiger partial charge in [0.1, 0.15) is 5.88 Å². The van der Waals surface area contributed by atoms with Gasteiger partial charge in [-0.3, -0.25) is 9.59 Å². The summed E-state index contributed by atoms with van der Waals surface area (Å²) in [5, 5.41) is 3.42. The van der Waals surface area contributed by atoms with E-state index >= 15 is 0 Å². The van der Waals surface area contributed by atoms with Gasteiger partial charge in [0.25, 0.3) is 0 Å². The van der Waals surface area contributed by atoms with E-state index < -0.39 is 0 Å². The van der Waals surface area contributed by atoms with Crippen molar-refractivity contribution in [3.05, 3.63) is 15.9 Å². The highest BCUT2D eigenvalue weighted by atomic mass is 79.9. The maximum absolute atomic E-state index is 11.5. The van der Waals surface area contributed by atoms with Crippen molar-refractivity contribution >= 4 is 55.7 Å². The fourth-order valence-corrected chi connectivity index (χ4v) is 2.47. The molecule has 0 atom stereocenters. The Morgan fingerprint density at radius 3 is 2.75 bits per heavy atom. The van der Waals surface area contributed by atoms with Gasteiger partial charge < -0.3 is 10.2 Å². The number of anilines is 1. The molecular formula is C9H10BrClN2O2S. The Morgan fingerprint density at radius 1 is 1.56 bits per heavy atom. The lowest BCUT2D eigenvalue weighted by atomic mass is 10.5. The molecule has 0 aliphatic carbocycles. The number of halogens is 2. The molecular weight excluding hydrogens is 316 g/mol. The lowest BCUT2D eigenvalue weighted by molar-refractivity contribution is -0.131. The summed E-state index contributed by atoms with van der Waals surface area (Å²) in [4.78, 5) is 23.9. The highest BCUT2D eigenvalue weighted by molar-refractivity contribution is 9.11. The number of carbonyl (C=O) groups excluding carboxylic acids is 2. The number of hydrogen-bond donors (Lipinski definition) is 1. The molecule has 16 heavy (non-hydrogen) atoms. The summed E-state index contributed by atoms with van der Waals surface area (Å²) >= 11 is 10.1. The fourth-order valence-electron chi connectivity index (χ4n) is 0.964. The van der Waals surface area contributed by atoms with E-state index in [0.717, 1.165) is 8.79 Å². The minimum atomic E-state index is -0.274. The van der Waals surface area contributed by atoms with Crippen LogP contribution in [0.3, 0.4) is 0 Å². The standard InChI is InChI=1S/C9H10BrClN2O2S/c1-13(9(15)4-11)5-7(14)12-8-3-2-6(10)16-8/h2-3H,4-5H2,1H3,(H,12,14). The Labute approximate surface area is 111 Å². The molecule has 1 aromatic rings. The molecule has 0 aliphatic rings. The van der Waals surface area contributed by atoms with Crippen LogP contribution in [0.1, 0.15) is 0 Å². The molecule has 88 valence electrons. The molecule has 2 amide bonds. The molecule has 1 heterocycles. The van der Waals surface area contributed by atoms with Crippen LogP contribution in [0.4, 0.5) is 5.00 Å². The molecule has 0 fully saturated rings. The molecule has 0 radical (unpaired) electrons. The largest absolute Gasteiger partial charge is 0.335 e. The lowest BCUT2D eigenvalue weighted by Crippen LogP contribution is -2.35. The van der Waals surface area contributed by atoms with Crippen LogP contribution in [0, 0.1) is 0 Å². The molecule has 1 rings (SSSR count). The van der Waals surface area contributed by atoms with Crippen molar-refractivity contribution in [1.82, 2.24) is 4.90 Å². The molecule has 0 aliphatic heterocycles. The lowest BCUT2D eigenvalue weighted by Gasteiger charge is -2.14. The van der Waals surface area contributed by atoms with Gasteiger partial charge >= 0.3 is 0 Å². The molecule has 0 spiro atoms. The van der Waals surface area contributed by atoms with Crippen LogP contribution in [-0.4, -0.2) is 36.2 Å².